The Morgan fingerprint density at radius 1 is 1.25 bits per heavy atom. The molecule has 1 aromatic carbocycles. The molecule has 20 heavy (non-hydrogen) atoms. The number of fused-ring (bicyclic) bond motifs is 1. The summed E-state index contributed by atoms with van der Waals surface area (Å²) >= 11 is 0. The summed E-state index contributed by atoms with van der Waals surface area (Å²) in [7, 11) is 2.25. The van der Waals surface area contributed by atoms with Crippen LogP contribution in [0.5, 0.6) is 0 Å². The fraction of sp³-hybridized carbons (Fsp3) is 0.647. The van der Waals surface area contributed by atoms with Crippen LogP contribution in [-0.4, -0.2) is 55.6 Å². The number of nitrogens with zero attached hydrogens (tertiary/aromatic N) is 2. The fourth-order valence-corrected chi connectivity index (χ4v) is 3.69. The first-order valence-electron chi connectivity index (χ1n) is 7.99. The first-order valence-corrected chi connectivity index (χ1v) is 7.99. The van der Waals surface area contributed by atoms with E-state index >= 15 is 0 Å². The van der Waals surface area contributed by atoms with Crippen LogP contribution in [-0.2, 0) is 0 Å². The molecule has 0 aromatic heterocycles. The summed E-state index contributed by atoms with van der Waals surface area (Å²) in [5, 5.41) is 3.54. The van der Waals surface area contributed by atoms with Crippen LogP contribution in [0.25, 0.3) is 0 Å². The van der Waals surface area contributed by atoms with Crippen LogP contribution in [0, 0.1) is 0 Å². The van der Waals surface area contributed by atoms with Gasteiger partial charge in [-0.3, -0.25) is 4.90 Å². The van der Waals surface area contributed by atoms with Crippen molar-refractivity contribution in [3.63, 3.8) is 0 Å². The lowest BCUT2D eigenvalue weighted by atomic mass is 9.97. The third kappa shape index (κ3) is 2.99. The maximum atomic E-state index is 3.54. The predicted molar refractivity (Wildman–Crippen MR) is 85.4 cm³/mol. The minimum atomic E-state index is 0.687. The van der Waals surface area contributed by atoms with Gasteiger partial charge in [0.15, 0.2) is 0 Å². The van der Waals surface area contributed by atoms with Crippen LogP contribution in [0.2, 0.25) is 0 Å². The second-order valence-electron chi connectivity index (χ2n) is 6.45. The van der Waals surface area contributed by atoms with Crippen LogP contribution >= 0.6 is 0 Å². The van der Waals surface area contributed by atoms with E-state index in [1.54, 1.807) is 0 Å². The molecule has 0 radical (unpaired) electrons. The highest BCUT2D eigenvalue weighted by atomic mass is 15.2. The highest BCUT2D eigenvalue weighted by Crippen LogP contribution is 2.33. The maximum absolute atomic E-state index is 3.54. The maximum Gasteiger partial charge on any atom is 0.0376 e. The molecule has 3 nitrogen and oxygen atoms in total. The molecule has 1 saturated heterocycles. The average molecular weight is 273 g/mol. The van der Waals surface area contributed by atoms with Crippen molar-refractivity contribution in [3.05, 3.63) is 29.8 Å². The second kappa shape index (κ2) is 6.15. The Bertz CT molecular complexity index is 446. The summed E-state index contributed by atoms with van der Waals surface area (Å²) in [5.41, 5.74) is 2.87. The van der Waals surface area contributed by atoms with Crippen LogP contribution in [0.4, 0.5) is 5.69 Å². The van der Waals surface area contributed by atoms with Crippen molar-refractivity contribution >= 4 is 5.69 Å². The smallest absolute Gasteiger partial charge is 0.0376 e. The molecule has 3 rings (SSSR count). The highest BCUT2D eigenvalue weighted by molar-refractivity contribution is 5.57. The van der Waals surface area contributed by atoms with E-state index in [0.717, 1.165) is 6.54 Å². The molecule has 2 unspecified atom stereocenters. The monoisotopic (exact) mass is 273 g/mol. The molecule has 0 spiro atoms. The second-order valence-corrected chi connectivity index (χ2v) is 6.45. The number of para-hydroxylation sites is 1. The molecule has 0 bridgehead atoms. The molecule has 0 amide bonds. The minimum absolute atomic E-state index is 0.687. The van der Waals surface area contributed by atoms with Gasteiger partial charge in [-0.05, 0) is 58.1 Å². The topological polar surface area (TPSA) is 18.5 Å². The van der Waals surface area contributed by atoms with Crippen LogP contribution < -0.4 is 5.32 Å². The van der Waals surface area contributed by atoms with Crippen molar-refractivity contribution in [2.45, 2.75) is 31.7 Å². The Morgan fingerprint density at radius 2 is 2.10 bits per heavy atom. The van der Waals surface area contributed by atoms with E-state index < -0.39 is 0 Å². The lowest BCUT2D eigenvalue weighted by molar-refractivity contribution is 0.197. The summed E-state index contributed by atoms with van der Waals surface area (Å²) in [4.78, 5) is 5.15. The van der Waals surface area contributed by atoms with Gasteiger partial charge in [-0.25, -0.2) is 0 Å². The molecule has 1 aromatic rings. The van der Waals surface area contributed by atoms with Gasteiger partial charge in [-0.15, -0.1) is 0 Å². The Morgan fingerprint density at radius 3 is 3.00 bits per heavy atom. The van der Waals surface area contributed by atoms with Gasteiger partial charge < -0.3 is 10.2 Å². The zero-order valence-electron chi connectivity index (χ0n) is 12.8. The summed E-state index contributed by atoms with van der Waals surface area (Å²) in [6, 6.07) is 9.48. The Hall–Kier alpha value is -1.06. The number of benzene rings is 1. The molecule has 110 valence electrons. The normalized spacial score (nSPS) is 27.9. The van der Waals surface area contributed by atoms with E-state index in [1.807, 2.05) is 0 Å². The molecule has 2 aliphatic rings. The highest BCUT2D eigenvalue weighted by Gasteiger charge is 2.24. The molecular weight excluding hydrogens is 246 g/mol. The van der Waals surface area contributed by atoms with Gasteiger partial charge >= 0.3 is 0 Å². The molecule has 1 fully saturated rings. The number of hydrogen-bond acceptors (Lipinski definition) is 3. The zero-order valence-corrected chi connectivity index (χ0v) is 12.8. The van der Waals surface area contributed by atoms with E-state index in [2.05, 4.69) is 53.4 Å². The number of likely N-dealkylation sites (N-methyl/N-ethyl adjacent to an activating group) is 1. The number of hydrogen-bond donors (Lipinski definition) is 1. The van der Waals surface area contributed by atoms with Gasteiger partial charge in [0.25, 0.3) is 0 Å². The fourth-order valence-electron chi connectivity index (χ4n) is 3.69. The Balaban J connectivity index is 1.57. The summed E-state index contributed by atoms with van der Waals surface area (Å²) in [6.07, 6.45) is 2.58. The van der Waals surface area contributed by atoms with E-state index in [0.29, 0.717) is 12.0 Å². The van der Waals surface area contributed by atoms with Gasteiger partial charge in [-0.2, -0.15) is 0 Å². The number of rotatable bonds is 3. The van der Waals surface area contributed by atoms with E-state index in [4.69, 9.17) is 0 Å². The molecule has 1 N–H and O–H groups in total. The summed E-state index contributed by atoms with van der Waals surface area (Å²) in [5.74, 6) is 0.694. The van der Waals surface area contributed by atoms with Crippen LogP contribution in [0.1, 0.15) is 31.2 Å². The van der Waals surface area contributed by atoms with Crippen molar-refractivity contribution in [1.29, 1.82) is 0 Å². The van der Waals surface area contributed by atoms with Gasteiger partial charge in [0.05, 0.1) is 0 Å². The zero-order chi connectivity index (χ0) is 13.9. The lowest BCUT2D eigenvalue weighted by Gasteiger charge is -2.28. The molecular formula is C17H27N3. The van der Waals surface area contributed by atoms with Crippen molar-refractivity contribution in [3.8, 4) is 0 Å². The number of nitrogens with one attached hydrogen (secondary N) is 1. The SMILES string of the molecule is CC1CN(C)CCCN1CCC1CNc2ccccc21. The van der Waals surface area contributed by atoms with Crippen molar-refractivity contribution in [2.24, 2.45) is 0 Å². The Kier molecular flexibility index (Phi) is 4.27. The number of anilines is 1. The minimum Gasteiger partial charge on any atom is -0.384 e. The first-order chi connectivity index (χ1) is 9.74. The van der Waals surface area contributed by atoms with Gasteiger partial charge in [-0.1, -0.05) is 18.2 Å². The quantitative estimate of drug-likeness (QED) is 0.913. The van der Waals surface area contributed by atoms with Gasteiger partial charge in [0, 0.05) is 30.7 Å². The van der Waals surface area contributed by atoms with Crippen molar-refractivity contribution in [2.75, 3.05) is 45.1 Å². The predicted octanol–water partition coefficient (Wildman–Crippen LogP) is 2.61. The Labute approximate surface area is 123 Å². The van der Waals surface area contributed by atoms with E-state index in [9.17, 15) is 0 Å². The summed E-state index contributed by atoms with van der Waals surface area (Å²) < 4.78 is 0. The standard InChI is InChI=1S/C17H27N3/c1-14-13-19(2)9-5-10-20(14)11-8-15-12-18-17-7-4-3-6-16(15)17/h3-4,6-7,14-15,18H,5,8-13H2,1-2H3. The van der Waals surface area contributed by atoms with Crippen LogP contribution in [0.3, 0.4) is 0 Å². The van der Waals surface area contributed by atoms with E-state index in [-0.39, 0.29) is 0 Å². The molecule has 3 heteroatoms. The molecule has 0 saturated carbocycles. The molecule has 2 heterocycles. The first kappa shape index (κ1) is 13.9. The third-order valence-electron chi connectivity index (χ3n) is 4.89. The molecule has 0 aliphatic carbocycles. The molecule has 2 atom stereocenters. The van der Waals surface area contributed by atoms with Crippen molar-refractivity contribution in [1.82, 2.24) is 9.80 Å². The van der Waals surface area contributed by atoms with Gasteiger partial charge in [0.1, 0.15) is 0 Å². The summed E-state index contributed by atoms with van der Waals surface area (Å²) in [6.45, 7) is 8.43. The van der Waals surface area contributed by atoms with Crippen LogP contribution in [0.15, 0.2) is 24.3 Å². The van der Waals surface area contributed by atoms with Gasteiger partial charge in [0.2, 0.25) is 0 Å². The van der Waals surface area contributed by atoms with E-state index in [1.165, 1.54) is 50.3 Å². The lowest BCUT2D eigenvalue weighted by Crippen LogP contribution is -2.38. The van der Waals surface area contributed by atoms with Crippen molar-refractivity contribution < 1.29 is 0 Å². The largest absolute Gasteiger partial charge is 0.384 e. The average Bonchev–Trinajstić information content (AvgIpc) is 2.78. The molecule has 2 aliphatic heterocycles. The third-order valence-corrected chi connectivity index (χ3v) is 4.89.